The van der Waals surface area contributed by atoms with Crippen LogP contribution in [0, 0.1) is 0 Å². The molecule has 1 aromatic heterocycles. The highest BCUT2D eigenvalue weighted by atomic mass is 35.5. The second-order valence-electron chi connectivity index (χ2n) is 5.78. The molecule has 4 nitrogen and oxygen atoms in total. The molecule has 1 amide bonds. The molecular formula is C15H19ClN2O2. The number of aromatic nitrogens is 1. The van der Waals surface area contributed by atoms with E-state index >= 15 is 0 Å². The lowest BCUT2D eigenvalue weighted by Gasteiger charge is -2.34. The van der Waals surface area contributed by atoms with Crippen LogP contribution in [0.4, 0.5) is 4.79 Å². The van der Waals surface area contributed by atoms with Gasteiger partial charge in [0.2, 0.25) is 0 Å². The topological polar surface area (TPSA) is 42.4 Å². The molecule has 0 radical (unpaired) electrons. The van der Waals surface area contributed by atoms with E-state index in [-0.39, 0.29) is 12.0 Å². The first-order chi connectivity index (χ1) is 9.37. The minimum absolute atomic E-state index is 0.112. The van der Waals surface area contributed by atoms with Gasteiger partial charge in [0.25, 0.3) is 0 Å². The number of carbonyl (C=O) groups is 1. The van der Waals surface area contributed by atoms with Crippen molar-refractivity contribution < 1.29 is 9.53 Å². The summed E-state index contributed by atoms with van der Waals surface area (Å²) < 4.78 is 5.39. The largest absolute Gasteiger partial charge is 0.444 e. The van der Waals surface area contributed by atoms with Crippen LogP contribution in [0.3, 0.4) is 0 Å². The predicted molar refractivity (Wildman–Crippen MR) is 78.7 cm³/mol. The molecule has 2 atom stereocenters. The number of nitrogens with zero attached hydrogens (tertiary/aromatic N) is 2. The van der Waals surface area contributed by atoms with Crippen LogP contribution in [0.15, 0.2) is 36.7 Å². The summed E-state index contributed by atoms with van der Waals surface area (Å²) in [5, 5.41) is 0. The van der Waals surface area contributed by atoms with Crippen molar-refractivity contribution in [2.24, 2.45) is 0 Å². The smallest absolute Gasteiger partial charge is 0.411 e. The van der Waals surface area contributed by atoms with Crippen LogP contribution in [0.1, 0.15) is 32.3 Å². The summed E-state index contributed by atoms with van der Waals surface area (Å²) >= 11 is 6.19. The van der Waals surface area contributed by atoms with Gasteiger partial charge in [-0.2, -0.15) is 0 Å². The molecule has 20 heavy (non-hydrogen) atoms. The van der Waals surface area contributed by atoms with E-state index in [1.807, 2.05) is 45.1 Å². The third kappa shape index (κ3) is 3.73. The molecule has 1 aromatic rings. The van der Waals surface area contributed by atoms with Crippen LogP contribution in [0.5, 0.6) is 0 Å². The Morgan fingerprint density at radius 3 is 2.60 bits per heavy atom. The SMILES string of the molecule is CC(C)(C)OC(=O)N1CC(c2ccncc2)C=CC1Cl. The number of halogens is 1. The molecule has 0 aliphatic carbocycles. The molecule has 0 saturated carbocycles. The fourth-order valence-electron chi connectivity index (χ4n) is 2.03. The van der Waals surface area contributed by atoms with Gasteiger partial charge >= 0.3 is 6.09 Å². The molecule has 0 aromatic carbocycles. The Kier molecular flexibility index (Phi) is 4.33. The summed E-state index contributed by atoms with van der Waals surface area (Å²) in [7, 11) is 0. The number of rotatable bonds is 1. The molecule has 5 heteroatoms. The lowest BCUT2D eigenvalue weighted by molar-refractivity contribution is 0.0234. The molecule has 0 N–H and O–H groups in total. The Hall–Kier alpha value is -1.55. The van der Waals surface area contributed by atoms with Gasteiger partial charge in [-0.1, -0.05) is 23.8 Å². The van der Waals surface area contributed by atoms with Gasteiger partial charge in [0.15, 0.2) is 0 Å². The van der Waals surface area contributed by atoms with Gasteiger partial charge in [-0.25, -0.2) is 4.79 Å². The second kappa shape index (κ2) is 5.83. The minimum Gasteiger partial charge on any atom is -0.444 e. The molecule has 2 unspecified atom stereocenters. The van der Waals surface area contributed by atoms with E-state index in [2.05, 4.69) is 4.98 Å². The Labute approximate surface area is 124 Å². The lowest BCUT2D eigenvalue weighted by atomic mass is 9.97. The number of amides is 1. The zero-order chi connectivity index (χ0) is 14.8. The normalized spacial score (nSPS) is 22.7. The van der Waals surface area contributed by atoms with E-state index in [0.717, 1.165) is 5.56 Å². The highest BCUT2D eigenvalue weighted by Gasteiger charge is 2.30. The van der Waals surface area contributed by atoms with Crippen LogP contribution in [0.25, 0.3) is 0 Å². The van der Waals surface area contributed by atoms with Crippen LogP contribution in [0.2, 0.25) is 0 Å². The van der Waals surface area contributed by atoms with Crippen molar-refractivity contribution in [2.45, 2.75) is 37.8 Å². The molecule has 2 heterocycles. The lowest BCUT2D eigenvalue weighted by Crippen LogP contribution is -2.44. The molecule has 1 aliphatic rings. The standard InChI is InChI=1S/C15H19ClN2O2/c1-15(2,3)20-14(19)18-10-12(4-5-13(18)16)11-6-8-17-9-7-11/h4-9,12-13H,10H2,1-3H3. The fraction of sp³-hybridized carbons (Fsp3) is 0.467. The Bertz CT molecular complexity index is 496. The summed E-state index contributed by atoms with van der Waals surface area (Å²) in [6.45, 7) is 6.03. The van der Waals surface area contributed by atoms with Crippen LogP contribution >= 0.6 is 11.6 Å². The number of ether oxygens (including phenoxy) is 1. The van der Waals surface area contributed by atoms with Gasteiger partial charge in [-0.3, -0.25) is 9.88 Å². The van der Waals surface area contributed by atoms with Gasteiger partial charge in [0, 0.05) is 24.9 Å². The van der Waals surface area contributed by atoms with Gasteiger partial charge in [0.1, 0.15) is 11.1 Å². The quantitative estimate of drug-likeness (QED) is 0.452. The predicted octanol–water partition coefficient (Wildman–Crippen LogP) is 3.54. The second-order valence-corrected chi connectivity index (χ2v) is 6.22. The maximum atomic E-state index is 12.2. The maximum Gasteiger partial charge on any atom is 0.411 e. The van der Waals surface area contributed by atoms with Crippen molar-refractivity contribution in [3.8, 4) is 0 Å². The average molecular weight is 295 g/mol. The third-order valence-electron chi connectivity index (χ3n) is 2.96. The molecule has 108 valence electrons. The van der Waals surface area contributed by atoms with Crippen molar-refractivity contribution in [1.82, 2.24) is 9.88 Å². The van der Waals surface area contributed by atoms with Gasteiger partial charge < -0.3 is 4.74 Å². The highest BCUT2D eigenvalue weighted by Crippen LogP contribution is 2.27. The Balaban J connectivity index is 2.12. The van der Waals surface area contributed by atoms with E-state index in [4.69, 9.17) is 16.3 Å². The first-order valence-electron chi connectivity index (χ1n) is 6.59. The molecule has 0 fully saturated rings. The zero-order valence-electron chi connectivity index (χ0n) is 11.9. The van der Waals surface area contributed by atoms with Crippen LogP contribution in [-0.2, 0) is 4.74 Å². The summed E-state index contributed by atoms with van der Waals surface area (Å²) in [6.07, 6.45) is 6.94. The minimum atomic E-state index is -0.527. The summed E-state index contributed by atoms with van der Waals surface area (Å²) in [6, 6.07) is 3.88. The third-order valence-corrected chi connectivity index (χ3v) is 3.34. The Morgan fingerprint density at radius 1 is 1.35 bits per heavy atom. The number of pyridine rings is 1. The number of carbonyl (C=O) groups excluding carboxylic acids is 1. The molecular weight excluding hydrogens is 276 g/mol. The fourth-order valence-corrected chi connectivity index (χ4v) is 2.27. The van der Waals surface area contributed by atoms with E-state index in [9.17, 15) is 4.79 Å². The Morgan fingerprint density at radius 2 is 2.00 bits per heavy atom. The molecule has 0 spiro atoms. The van der Waals surface area contributed by atoms with Crippen molar-refractivity contribution in [3.63, 3.8) is 0 Å². The summed E-state index contributed by atoms with van der Waals surface area (Å²) in [5.41, 5.74) is 0.109. The molecule has 0 bridgehead atoms. The van der Waals surface area contributed by atoms with Crippen molar-refractivity contribution in [1.29, 1.82) is 0 Å². The van der Waals surface area contributed by atoms with Gasteiger partial charge in [-0.15, -0.1) is 0 Å². The molecule has 1 aliphatic heterocycles. The van der Waals surface area contributed by atoms with E-state index in [0.29, 0.717) is 6.54 Å². The van der Waals surface area contributed by atoms with Gasteiger partial charge in [0.05, 0.1) is 0 Å². The first kappa shape index (κ1) is 14.9. The number of hydrogen-bond donors (Lipinski definition) is 0. The summed E-state index contributed by atoms with van der Waals surface area (Å²) in [5.74, 6) is 0.112. The maximum absolute atomic E-state index is 12.2. The highest BCUT2D eigenvalue weighted by molar-refractivity contribution is 6.22. The van der Waals surface area contributed by atoms with E-state index in [1.165, 1.54) is 4.90 Å². The van der Waals surface area contributed by atoms with E-state index < -0.39 is 11.1 Å². The van der Waals surface area contributed by atoms with Crippen LogP contribution < -0.4 is 0 Å². The van der Waals surface area contributed by atoms with Crippen molar-refractivity contribution >= 4 is 17.7 Å². The summed E-state index contributed by atoms with van der Waals surface area (Å²) in [4.78, 5) is 17.7. The average Bonchev–Trinajstić information content (AvgIpc) is 2.38. The number of hydrogen-bond acceptors (Lipinski definition) is 3. The first-order valence-corrected chi connectivity index (χ1v) is 7.02. The van der Waals surface area contributed by atoms with Gasteiger partial charge in [-0.05, 0) is 38.5 Å². The number of alkyl halides is 1. The van der Waals surface area contributed by atoms with Crippen LogP contribution in [-0.4, -0.2) is 33.6 Å². The molecule has 0 saturated heterocycles. The van der Waals surface area contributed by atoms with E-state index in [1.54, 1.807) is 12.4 Å². The van der Waals surface area contributed by atoms with Crippen molar-refractivity contribution in [3.05, 3.63) is 42.2 Å². The molecule has 2 rings (SSSR count). The zero-order valence-corrected chi connectivity index (χ0v) is 12.7. The monoisotopic (exact) mass is 294 g/mol. The van der Waals surface area contributed by atoms with Crippen molar-refractivity contribution in [2.75, 3.05) is 6.54 Å².